The highest BCUT2D eigenvalue weighted by Crippen LogP contribution is 2.24. The van der Waals surface area contributed by atoms with Crippen molar-refractivity contribution in [2.24, 2.45) is 0 Å². The highest BCUT2D eigenvalue weighted by molar-refractivity contribution is 9.10. The summed E-state index contributed by atoms with van der Waals surface area (Å²) in [7, 11) is 0. The molecule has 0 saturated heterocycles. The van der Waals surface area contributed by atoms with Crippen molar-refractivity contribution in [3.63, 3.8) is 0 Å². The second kappa shape index (κ2) is 5.05. The van der Waals surface area contributed by atoms with Crippen molar-refractivity contribution in [2.45, 2.75) is 0 Å². The molecule has 2 rings (SSSR count). The summed E-state index contributed by atoms with van der Waals surface area (Å²) in [5, 5.41) is 0. The van der Waals surface area contributed by atoms with Crippen molar-refractivity contribution < 1.29 is 18.0 Å². The molecule has 2 aromatic carbocycles. The van der Waals surface area contributed by atoms with Crippen LogP contribution < -0.4 is 5.73 Å². The lowest BCUT2D eigenvalue weighted by Gasteiger charge is -2.06. The van der Waals surface area contributed by atoms with Crippen LogP contribution >= 0.6 is 15.9 Å². The van der Waals surface area contributed by atoms with Gasteiger partial charge in [0, 0.05) is 27.9 Å². The molecule has 0 aliphatic heterocycles. The third-order valence-electron chi connectivity index (χ3n) is 2.49. The molecule has 0 saturated carbocycles. The molecule has 19 heavy (non-hydrogen) atoms. The molecule has 0 aliphatic carbocycles. The fourth-order valence-electron chi connectivity index (χ4n) is 1.59. The van der Waals surface area contributed by atoms with Crippen molar-refractivity contribution in [1.82, 2.24) is 0 Å². The predicted octanol–water partition coefficient (Wildman–Crippen LogP) is 3.68. The summed E-state index contributed by atoms with van der Waals surface area (Å²) in [6, 6.07) is 5.05. The minimum absolute atomic E-state index is 0.0186. The maximum Gasteiger partial charge on any atom is 0.199 e. The van der Waals surface area contributed by atoms with Crippen LogP contribution in [-0.2, 0) is 0 Å². The number of ketones is 1. The molecule has 0 aliphatic rings. The summed E-state index contributed by atoms with van der Waals surface area (Å²) in [4.78, 5) is 12.0. The Labute approximate surface area is 115 Å². The highest BCUT2D eigenvalue weighted by Gasteiger charge is 2.20. The number of nitrogen functional groups attached to an aromatic ring is 1. The molecule has 98 valence electrons. The van der Waals surface area contributed by atoms with E-state index in [0.717, 1.165) is 0 Å². The molecular formula is C13H7BrF3NO. The van der Waals surface area contributed by atoms with E-state index in [4.69, 9.17) is 5.73 Å². The first kappa shape index (κ1) is 13.6. The first-order valence-corrected chi connectivity index (χ1v) is 5.93. The summed E-state index contributed by atoms with van der Waals surface area (Å²) in [6.45, 7) is 0. The second-order valence-corrected chi connectivity index (χ2v) is 4.66. The van der Waals surface area contributed by atoms with Crippen molar-refractivity contribution in [3.05, 3.63) is 63.4 Å². The van der Waals surface area contributed by atoms with E-state index in [1.54, 1.807) is 0 Å². The largest absolute Gasteiger partial charge is 0.398 e. The number of nitrogens with two attached hydrogens (primary N) is 1. The molecule has 0 spiro atoms. The SMILES string of the molecule is Nc1cc(C(=O)c2c(F)cc(F)cc2F)ccc1Br. The van der Waals surface area contributed by atoms with Gasteiger partial charge in [-0.15, -0.1) is 0 Å². The lowest BCUT2D eigenvalue weighted by molar-refractivity contribution is 0.103. The van der Waals surface area contributed by atoms with Crippen LogP contribution in [0.1, 0.15) is 15.9 Å². The molecular weight excluding hydrogens is 323 g/mol. The van der Waals surface area contributed by atoms with E-state index in [9.17, 15) is 18.0 Å². The number of benzene rings is 2. The van der Waals surface area contributed by atoms with Gasteiger partial charge in [-0.05, 0) is 34.1 Å². The Hall–Kier alpha value is -1.82. The van der Waals surface area contributed by atoms with Gasteiger partial charge in [0.25, 0.3) is 0 Å². The lowest BCUT2D eigenvalue weighted by atomic mass is 10.0. The predicted molar refractivity (Wildman–Crippen MR) is 68.3 cm³/mol. The minimum Gasteiger partial charge on any atom is -0.398 e. The fraction of sp³-hybridized carbons (Fsp3) is 0. The molecule has 2 N–H and O–H groups in total. The van der Waals surface area contributed by atoms with Gasteiger partial charge in [0.05, 0.1) is 5.56 Å². The summed E-state index contributed by atoms with van der Waals surface area (Å²) in [6.07, 6.45) is 0. The van der Waals surface area contributed by atoms with Gasteiger partial charge in [0.15, 0.2) is 5.78 Å². The Bertz CT molecular complexity index is 650. The average molecular weight is 330 g/mol. The van der Waals surface area contributed by atoms with Crippen LogP contribution in [-0.4, -0.2) is 5.78 Å². The molecule has 2 aromatic rings. The molecule has 0 fully saturated rings. The van der Waals surface area contributed by atoms with E-state index >= 15 is 0 Å². The van der Waals surface area contributed by atoms with E-state index in [2.05, 4.69) is 15.9 Å². The maximum absolute atomic E-state index is 13.5. The molecule has 2 nitrogen and oxygen atoms in total. The minimum atomic E-state index is -1.25. The monoisotopic (exact) mass is 329 g/mol. The van der Waals surface area contributed by atoms with Crippen LogP contribution in [0.4, 0.5) is 18.9 Å². The summed E-state index contributed by atoms with van der Waals surface area (Å²) in [5.41, 5.74) is 5.06. The standard InChI is InChI=1S/C13H7BrF3NO/c14-8-2-1-6(3-11(8)18)13(19)12-9(16)4-7(15)5-10(12)17/h1-5H,18H2. The van der Waals surface area contributed by atoms with Crippen molar-refractivity contribution in [1.29, 1.82) is 0 Å². The molecule has 0 heterocycles. The maximum atomic E-state index is 13.5. The zero-order valence-corrected chi connectivity index (χ0v) is 11.0. The second-order valence-electron chi connectivity index (χ2n) is 3.81. The average Bonchev–Trinajstić information content (AvgIpc) is 2.31. The van der Waals surface area contributed by atoms with Crippen molar-refractivity contribution >= 4 is 27.4 Å². The topological polar surface area (TPSA) is 43.1 Å². The Balaban J connectivity index is 2.53. The number of hydrogen-bond acceptors (Lipinski definition) is 2. The fourth-order valence-corrected chi connectivity index (χ4v) is 1.84. The van der Waals surface area contributed by atoms with Crippen LogP contribution in [0.15, 0.2) is 34.8 Å². The number of rotatable bonds is 2. The van der Waals surface area contributed by atoms with Gasteiger partial charge in [-0.2, -0.15) is 0 Å². The normalized spacial score (nSPS) is 10.5. The quantitative estimate of drug-likeness (QED) is 0.674. The third-order valence-corrected chi connectivity index (χ3v) is 3.21. The number of anilines is 1. The number of halogens is 4. The Morgan fingerprint density at radius 1 is 1.05 bits per heavy atom. The lowest BCUT2D eigenvalue weighted by Crippen LogP contribution is -2.08. The zero-order valence-electron chi connectivity index (χ0n) is 9.38. The number of carbonyl (C=O) groups excluding carboxylic acids is 1. The number of hydrogen-bond donors (Lipinski definition) is 1. The van der Waals surface area contributed by atoms with Crippen LogP contribution in [0, 0.1) is 17.5 Å². The Kier molecular flexibility index (Phi) is 3.61. The van der Waals surface area contributed by atoms with Crippen molar-refractivity contribution in [2.75, 3.05) is 5.73 Å². The Morgan fingerprint density at radius 2 is 1.63 bits per heavy atom. The van der Waals surface area contributed by atoms with Crippen molar-refractivity contribution in [3.8, 4) is 0 Å². The van der Waals surface area contributed by atoms with Gasteiger partial charge in [0.2, 0.25) is 0 Å². The smallest absolute Gasteiger partial charge is 0.199 e. The molecule has 0 bridgehead atoms. The first-order valence-electron chi connectivity index (χ1n) is 5.14. The van der Waals surface area contributed by atoms with E-state index in [0.29, 0.717) is 16.6 Å². The van der Waals surface area contributed by atoms with E-state index < -0.39 is 28.8 Å². The van der Waals surface area contributed by atoms with Gasteiger partial charge in [-0.25, -0.2) is 13.2 Å². The molecule has 0 amide bonds. The first-order chi connectivity index (χ1) is 8.90. The van der Waals surface area contributed by atoms with E-state index in [1.165, 1.54) is 18.2 Å². The molecule has 0 atom stereocenters. The third kappa shape index (κ3) is 2.63. The van der Waals surface area contributed by atoms with Crippen LogP contribution in [0.25, 0.3) is 0 Å². The van der Waals surface area contributed by atoms with Gasteiger partial charge in [-0.3, -0.25) is 4.79 Å². The highest BCUT2D eigenvalue weighted by atomic mass is 79.9. The molecule has 6 heteroatoms. The number of carbonyl (C=O) groups is 1. The van der Waals surface area contributed by atoms with Gasteiger partial charge in [0.1, 0.15) is 17.5 Å². The van der Waals surface area contributed by atoms with Crippen LogP contribution in [0.2, 0.25) is 0 Å². The molecule has 0 aromatic heterocycles. The molecule has 0 unspecified atom stereocenters. The van der Waals surface area contributed by atoms with Gasteiger partial charge < -0.3 is 5.73 Å². The summed E-state index contributed by atoms with van der Waals surface area (Å²) < 4.78 is 40.3. The van der Waals surface area contributed by atoms with E-state index in [-0.39, 0.29) is 11.3 Å². The summed E-state index contributed by atoms with van der Waals surface area (Å²) >= 11 is 3.14. The van der Waals surface area contributed by atoms with Gasteiger partial charge >= 0.3 is 0 Å². The summed E-state index contributed by atoms with van der Waals surface area (Å²) in [5.74, 6) is -4.47. The molecule has 0 radical (unpaired) electrons. The van der Waals surface area contributed by atoms with Crippen LogP contribution in [0.5, 0.6) is 0 Å². The zero-order chi connectivity index (χ0) is 14.2. The van der Waals surface area contributed by atoms with E-state index in [1.807, 2.05) is 0 Å². The van der Waals surface area contributed by atoms with Gasteiger partial charge in [-0.1, -0.05) is 0 Å². The van der Waals surface area contributed by atoms with Crippen LogP contribution in [0.3, 0.4) is 0 Å². The Morgan fingerprint density at radius 3 is 2.16 bits per heavy atom.